The number of Topliss-reactive ketones (excluding diaryl/α,β-unsaturated/α-hetero) is 1. The Kier molecular flexibility index (Phi) is 8.60. The minimum atomic E-state index is -1.08. The number of amides is 1. The normalized spacial score (nSPS) is 14.8. The molecule has 1 unspecified atom stereocenters. The standard InChI is InChI=1S/C31H29N3O7S2/c1-6-40-30(38)28-17(3)33-31(43-28)34-24(23(26(36)29(34)37)25(35)27-16(2)32-18(4)42-27)20-12-13-21(22(14-20)39-5)41-15-19-10-8-7-9-11-19/h7-14,24,36H,6,15H2,1-5H3. The molecule has 0 spiro atoms. The van der Waals surface area contributed by atoms with Crippen LogP contribution in [0.4, 0.5) is 5.13 Å². The number of aliphatic hydroxyl groups is 1. The number of aromatic nitrogens is 2. The smallest absolute Gasteiger partial charge is 0.350 e. The molecule has 4 aromatic rings. The largest absolute Gasteiger partial charge is 0.503 e. The highest BCUT2D eigenvalue weighted by Crippen LogP contribution is 2.46. The topological polar surface area (TPSA) is 128 Å². The Bertz CT molecular complexity index is 1740. The summed E-state index contributed by atoms with van der Waals surface area (Å²) in [5.74, 6) is -1.79. The Balaban J connectivity index is 1.60. The molecule has 0 saturated carbocycles. The number of methoxy groups -OCH3 is 1. The molecule has 1 N–H and O–H groups in total. The maximum absolute atomic E-state index is 14.0. The Morgan fingerprint density at radius 3 is 2.35 bits per heavy atom. The van der Waals surface area contributed by atoms with Crippen molar-refractivity contribution in [1.29, 1.82) is 0 Å². The van der Waals surface area contributed by atoms with Crippen LogP contribution >= 0.6 is 22.7 Å². The van der Waals surface area contributed by atoms with Gasteiger partial charge in [0.05, 0.1) is 46.6 Å². The van der Waals surface area contributed by atoms with Crippen LogP contribution in [0.3, 0.4) is 0 Å². The highest BCUT2D eigenvalue weighted by atomic mass is 32.1. The second-order valence-electron chi connectivity index (χ2n) is 9.63. The molecule has 0 bridgehead atoms. The number of hydrogen-bond donors (Lipinski definition) is 1. The van der Waals surface area contributed by atoms with Crippen LogP contribution in [0.2, 0.25) is 0 Å². The highest BCUT2D eigenvalue weighted by Gasteiger charge is 2.47. The molecule has 0 radical (unpaired) electrons. The van der Waals surface area contributed by atoms with Crippen LogP contribution in [-0.4, -0.2) is 46.5 Å². The molecule has 222 valence electrons. The molecule has 0 aliphatic carbocycles. The summed E-state index contributed by atoms with van der Waals surface area (Å²) in [6.07, 6.45) is 0. The molecule has 0 saturated heterocycles. The first kappa shape index (κ1) is 29.9. The van der Waals surface area contributed by atoms with Gasteiger partial charge in [-0.25, -0.2) is 14.8 Å². The molecular formula is C31H29N3O7S2. The molecule has 10 nitrogen and oxygen atoms in total. The van der Waals surface area contributed by atoms with Gasteiger partial charge in [0.2, 0.25) is 5.78 Å². The summed E-state index contributed by atoms with van der Waals surface area (Å²) >= 11 is 2.13. The van der Waals surface area contributed by atoms with Gasteiger partial charge in [0.1, 0.15) is 11.5 Å². The van der Waals surface area contributed by atoms with E-state index in [-0.39, 0.29) is 22.2 Å². The van der Waals surface area contributed by atoms with E-state index in [0.717, 1.165) is 16.9 Å². The van der Waals surface area contributed by atoms with Gasteiger partial charge < -0.3 is 19.3 Å². The van der Waals surface area contributed by atoms with Gasteiger partial charge in [0, 0.05) is 0 Å². The number of anilines is 1. The van der Waals surface area contributed by atoms with Crippen molar-refractivity contribution in [3.63, 3.8) is 0 Å². The average molecular weight is 620 g/mol. The van der Waals surface area contributed by atoms with Gasteiger partial charge in [0.25, 0.3) is 5.91 Å². The zero-order chi connectivity index (χ0) is 30.8. The fraction of sp³-hybridized carbons (Fsp3) is 0.258. The van der Waals surface area contributed by atoms with Crippen LogP contribution in [0.25, 0.3) is 0 Å². The number of carbonyl (C=O) groups excluding carboxylic acids is 3. The highest BCUT2D eigenvalue weighted by molar-refractivity contribution is 7.17. The van der Waals surface area contributed by atoms with Gasteiger partial charge in [0.15, 0.2) is 22.4 Å². The first-order valence-corrected chi connectivity index (χ1v) is 15.0. The van der Waals surface area contributed by atoms with Crippen molar-refractivity contribution < 1.29 is 33.7 Å². The monoisotopic (exact) mass is 619 g/mol. The SMILES string of the molecule is CCOC(=O)c1sc(N2C(=O)C(O)=C(C(=O)c3sc(C)nc3C)C2c2ccc(OCc3ccccc3)c(OC)c2)nc1C. The van der Waals surface area contributed by atoms with Gasteiger partial charge in [-0.3, -0.25) is 14.5 Å². The van der Waals surface area contributed by atoms with E-state index in [0.29, 0.717) is 44.9 Å². The lowest BCUT2D eigenvalue weighted by Gasteiger charge is -2.25. The molecule has 1 atom stereocenters. The molecule has 0 fully saturated rings. The number of aliphatic hydroxyl groups excluding tert-OH is 1. The van der Waals surface area contributed by atoms with Crippen molar-refractivity contribution in [2.75, 3.05) is 18.6 Å². The molecule has 5 rings (SSSR count). The number of hydrogen-bond acceptors (Lipinski definition) is 11. The van der Waals surface area contributed by atoms with Crippen LogP contribution in [0.5, 0.6) is 11.5 Å². The van der Waals surface area contributed by atoms with Crippen LogP contribution in [0, 0.1) is 20.8 Å². The Hall–Kier alpha value is -4.55. The predicted molar refractivity (Wildman–Crippen MR) is 162 cm³/mol. The van der Waals surface area contributed by atoms with E-state index < -0.39 is 29.5 Å². The second kappa shape index (κ2) is 12.4. The average Bonchev–Trinajstić information content (AvgIpc) is 3.63. The number of ether oxygens (including phenoxy) is 3. The first-order valence-electron chi connectivity index (χ1n) is 13.4. The quantitative estimate of drug-likeness (QED) is 0.166. The van der Waals surface area contributed by atoms with Crippen molar-refractivity contribution in [2.24, 2.45) is 0 Å². The van der Waals surface area contributed by atoms with E-state index in [4.69, 9.17) is 14.2 Å². The molecule has 2 aromatic carbocycles. The predicted octanol–water partition coefficient (Wildman–Crippen LogP) is 6.07. The van der Waals surface area contributed by atoms with Crippen LogP contribution in [0.1, 0.15) is 59.8 Å². The maximum Gasteiger partial charge on any atom is 0.350 e. The molecule has 1 amide bonds. The number of rotatable bonds is 10. The Morgan fingerprint density at radius 2 is 1.70 bits per heavy atom. The fourth-order valence-electron chi connectivity index (χ4n) is 4.79. The van der Waals surface area contributed by atoms with Crippen molar-refractivity contribution in [2.45, 2.75) is 40.3 Å². The third kappa shape index (κ3) is 5.75. The second-order valence-corrected chi connectivity index (χ2v) is 11.8. The third-order valence-electron chi connectivity index (χ3n) is 6.76. The number of esters is 1. The van der Waals surface area contributed by atoms with Crippen LogP contribution in [-0.2, 0) is 16.1 Å². The zero-order valence-electron chi connectivity index (χ0n) is 24.2. The van der Waals surface area contributed by atoms with Gasteiger partial charge in [-0.15, -0.1) is 11.3 Å². The summed E-state index contributed by atoms with van der Waals surface area (Å²) in [5.41, 5.74) is 2.17. The van der Waals surface area contributed by atoms with Crippen molar-refractivity contribution in [3.05, 3.63) is 97.1 Å². The summed E-state index contributed by atoms with van der Waals surface area (Å²) in [4.78, 5) is 50.8. The molecule has 43 heavy (non-hydrogen) atoms. The van der Waals surface area contributed by atoms with Gasteiger partial charge >= 0.3 is 5.97 Å². The summed E-state index contributed by atoms with van der Waals surface area (Å²) in [6, 6.07) is 13.6. The summed E-state index contributed by atoms with van der Waals surface area (Å²) < 4.78 is 16.8. The number of carbonyl (C=O) groups is 3. The molecule has 1 aliphatic heterocycles. The Morgan fingerprint density at radius 1 is 0.977 bits per heavy atom. The van der Waals surface area contributed by atoms with E-state index in [9.17, 15) is 19.5 Å². The van der Waals surface area contributed by atoms with E-state index in [2.05, 4.69) is 9.97 Å². The van der Waals surface area contributed by atoms with Crippen molar-refractivity contribution in [1.82, 2.24) is 9.97 Å². The minimum Gasteiger partial charge on any atom is -0.503 e. The first-order chi connectivity index (χ1) is 20.6. The van der Waals surface area contributed by atoms with E-state index in [1.54, 1.807) is 45.9 Å². The maximum atomic E-state index is 14.0. The minimum absolute atomic E-state index is 0.123. The molecule has 1 aliphatic rings. The van der Waals surface area contributed by atoms with Gasteiger partial charge in [-0.2, -0.15) is 0 Å². The molecular weight excluding hydrogens is 590 g/mol. The third-order valence-corrected chi connectivity index (χ3v) is 8.96. The lowest BCUT2D eigenvalue weighted by atomic mass is 9.95. The van der Waals surface area contributed by atoms with Crippen LogP contribution in [0.15, 0.2) is 59.9 Å². The van der Waals surface area contributed by atoms with Gasteiger partial charge in [-0.05, 0) is 51.0 Å². The number of aryl methyl sites for hydroxylation is 3. The molecule has 12 heteroatoms. The lowest BCUT2D eigenvalue weighted by molar-refractivity contribution is -0.117. The van der Waals surface area contributed by atoms with E-state index in [1.165, 1.54) is 23.3 Å². The molecule has 2 aromatic heterocycles. The van der Waals surface area contributed by atoms with Crippen LogP contribution < -0.4 is 14.4 Å². The van der Waals surface area contributed by atoms with Crippen molar-refractivity contribution in [3.8, 4) is 11.5 Å². The fourth-order valence-corrected chi connectivity index (χ4v) is 6.66. The van der Waals surface area contributed by atoms with Gasteiger partial charge in [-0.1, -0.05) is 47.7 Å². The summed E-state index contributed by atoms with van der Waals surface area (Å²) in [6.45, 7) is 7.28. The number of thiazole rings is 2. The lowest BCUT2D eigenvalue weighted by Crippen LogP contribution is -2.31. The number of benzene rings is 2. The number of ketones is 1. The van der Waals surface area contributed by atoms with E-state index in [1.807, 2.05) is 30.3 Å². The van der Waals surface area contributed by atoms with Crippen molar-refractivity contribution >= 4 is 45.5 Å². The zero-order valence-corrected chi connectivity index (χ0v) is 25.8. The van der Waals surface area contributed by atoms with E-state index >= 15 is 0 Å². The Labute approximate surface area is 256 Å². The molecule has 3 heterocycles. The summed E-state index contributed by atoms with van der Waals surface area (Å²) in [7, 11) is 1.49. The summed E-state index contributed by atoms with van der Waals surface area (Å²) in [5, 5.41) is 12.0. The number of nitrogens with zero attached hydrogens (tertiary/aromatic N) is 3.